The number of carboxylic acids is 3. The highest BCUT2D eigenvalue weighted by atomic mass is 16.5. The third-order valence-corrected chi connectivity index (χ3v) is 15.3. The van der Waals surface area contributed by atoms with Crippen molar-refractivity contribution in [2.24, 2.45) is 30.4 Å². The molecule has 0 aromatic heterocycles. The van der Waals surface area contributed by atoms with E-state index in [1.54, 1.807) is 107 Å². The van der Waals surface area contributed by atoms with Gasteiger partial charge in [0.15, 0.2) is 0 Å². The lowest BCUT2D eigenvalue weighted by molar-refractivity contribution is -0.137. The predicted molar refractivity (Wildman–Crippen MR) is 390 cm³/mol. The van der Waals surface area contributed by atoms with E-state index in [2.05, 4.69) is 43.2 Å². The quantitative estimate of drug-likeness (QED) is 0.0126. The fourth-order valence-corrected chi connectivity index (χ4v) is 9.84. The molecule has 0 saturated heterocycles. The summed E-state index contributed by atoms with van der Waals surface area (Å²) in [5, 5.41) is 90.3. The van der Waals surface area contributed by atoms with E-state index in [4.69, 9.17) is 29.3 Å². The Morgan fingerprint density at radius 3 is 1.28 bits per heavy atom. The largest absolute Gasteiger partial charge is 0.508 e. The number of benzene rings is 7. The number of methoxy groups -OCH3 is 3. The van der Waals surface area contributed by atoms with E-state index in [0.717, 1.165) is 65.5 Å². The molecule has 0 aliphatic carbocycles. The number of carboxylic acid groups (broad SMARTS) is 3. The van der Waals surface area contributed by atoms with Gasteiger partial charge in [-0.05, 0) is 134 Å². The van der Waals surface area contributed by atoms with Crippen molar-refractivity contribution >= 4 is 54.8 Å². The smallest absolute Gasteiger partial charge is 0.317 e. The Balaban J connectivity index is 0.000000275. The number of aliphatic imine (C=N–C) groups is 5. The van der Waals surface area contributed by atoms with Gasteiger partial charge in [0, 0.05) is 135 Å². The molecular formula is C76H93N9O15. The van der Waals surface area contributed by atoms with E-state index in [1.807, 2.05) is 85.2 Å². The van der Waals surface area contributed by atoms with Crippen LogP contribution in [0.25, 0.3) is 0 Å². The van der Waals surface area contributed by atoms with Crippen LogP contribution in [0.5, 0.6) is 46.0 Å². The predicted octanol–water partition coefficient (Wildman–Crippen LogP) is 9.44. The molecule has 0 aliphatic heterocycles. The first kappa shape index (κ1) is 79.9. The standard InChI is InChI=1S/C29H33N3O4.C27H34N2O9.C20H26N4O2/c1-29(19-30-16-22-7-5-9-25(13-22)34-2,20-31-17-23-8-6-10-26(14-23)35-3)21-32-18-24-15-27(36-4)11-12-28(24)33;1-16(30)2-3-17-4-9-23(31)19(12-17)21(28-14-26(35)36)7-8-22(29-15-27(37)38)20-13-18(5-10-24(20)32)6-11-25(33)34;25-19-7-3-1-5-17(19)15-23-13-11-21-9-10-22-12-14-24-16-18-6-2-4-8-20(18)26/h5-18,33H,19-21H2,1-4H3;4-5,9-10,12-13,21-22,28-29,31-32H,2-3,6-8,11,14-15H2,1H3,(H,33,34)(H,35,36)(H,37,38);1-8,15-16,21-22,25-26H,9-14H2. The molecule has 0 radical (unpaired) electrons. The lowest BCUT2D eigenvalue weighted by Crippen LogP contribution is -2.31. The van der Waals surface area contributed by atoms with Crippen LogP contribution >= 0.6 is 0 Å². The third-order valence-electron chi connectivity index (χ3n) is 15.3. The number of ketones is 1. The molecule has 0 saturated carbocycles. The molecule has 7 rings (SSSR count). The molecule has 0 aliphatic rings. The van der Waals surface area contributed by atoms with Crippen LogP contribution < -0.4 is 35.5 Å². The Bertz CT molecular complexity index is 3650. The SMILES string of the molecule is CC(=O)CCc1ccc(O)c(C(CCC(NCC(=O)O)c2cc(CCC(=O)O)ccc2O)NCC(=O)O)c1.COc1cccc(C=NCC(C)(CN=Cc2cccc(OC)c2)CN=Cc2cc(OC)ccc2O)c1.Oc1ccccc1C=NCCNCCNCCN=Cc1ccccc1O. The molecule has 532 valence electrons. The zero-order valence-electron chi connectivity index (χ0n) is 57.2. The zero-order chi connectivity index (χ0) is 72.5. The number of aromatic hydroxyl groups is 5. The van der Waals surface area contributed by atoms with Crippen LogP contribution in [0.4, 0.5) is 0 Å². The number of carbonyl (C=O) groups excluding carboxylic acids is 1. The molecule has 24 heteroatoms. The Kier molecular flexibility index (Phi) is 35.3. The van der Waals surface area contributed by atoms with Gasteiger partial charge < -0.3 is 70.5 Å². The molecular weight excluding hydrogens is 1280 g/mol. The van der Waals surface area contributed by atoms with E-state index in [9.17, 15) is 54.9 Å². The molecule has 0 amide bonds. The van der Waals surface area contributed by atoms with Crippen LogP contribution in [0.3, 0.4) is 0 Å². The molecule has 0 bridgehead atoms. The number of aryl methyl sites for hydroxylation is 2. The second kappa shape index (κ2) is 44.2. The first-order valence-electron chi connectivity index (χ1n) is 32.5. The minimum atomic E-state index is -1.12. The molecule has 24 nitrogen and oxygen atoms in total. The minimum absolute atomic E-state index is 0.0120. The van der Waals surface area contributed by atoms with Crippen LogP contribution in [-0.2, 0) is 32.0 Å². The second-order valence-corrected chi connectivity index (χ2v) is 23.5. The summed E-state index contributed by atoms with van der Waals surface area (Å²) in [7, 11) is 4.88. The van der Waals surface area contributed by atoms with Gasteiger partial charge in [0.05, 0.1) is 47.5 Å². The van der Waals surface area contributed by atoms with Crippen LogP contribution in [0.2, 0.25) is 0 Å². The van der Waals surface area contributed by atoms with E-state index in [0.29, 0.717) is 73.6 Å². The first-order valence-corrected chi connectivity index (χ1v) is 32.5. The summed E-state index contributed by atoms with van der Waals surface area (Å²) in [5.41, 5.74) is 5.89. The number of aliphatic carboxylic acids is 3. The second-order valence-electron chi connectivity index (χ2n) is 23.5. The number of nitrogens with one attached hydrogen (secondary N) is 4. The van der Waals surface area contributed by atoms with E-state index < -0.39 is 43.1 Å². The maximum Gasteiger partial charge on any atom is 0.317 e. The summed E-state index contributed by atoms with van der Waals surface area (Å²) in [4.78, 5) is 67.5. The van der Waals surface area contributed by atoms with Gasteiger partial charge in [-0.2, -0.15) is 0 Å². The average Bonchev–Trinajstić information content (AvgIpc) is 0.834. The summed E-state index contributed by atoms with van der Waals surface area (Å²) in [6.07, 6.45) is 10.1. The van der Waals surface area contributed by atoms with Crippen molar-refractivity contribution in [3.05, 3.63) is 202 Å². The Morgan fingerprint density at radius 1 is 0.440 bits per heavy atom. The number of hydrogen-bond acceptors (Lipinski definition) is 21. The Labute approximate surface area is 583 Å². The molecule has 100 heavy (non-hydrogen) atoms. The van der Waals surface area contributed by atoms with Crippen molar-refractivity contribution in [1.29, 1.82) is 0 Å². The number of phenolic OH excluding ortho intramolecular Hbond substituents is 5. The van der Waals surface area contributed by atoms with Gasteiger partial charge in [0.2, 0.25) is 0 Å². The monoisotopic (exact) mass is 1370 g/mol. The summed E-state index contributed by atoms with van der Waals surface area (Å²) < 4.78 is 15.8. The number of para-hydroxylation sites is 2. The number of ether oxygens (including phenoxy) is 3. The van der Waals surface area contributed by atoms with Crippen molar-refractivity contribution in [3.63, 3.8) is 0 Å². The van der Waals surface area contributed by atoms with Gasteiger partial charge in [0.1, 0.15) is 51.8 Å². The van der Waals surface area contributed by atoms with Crippen molar-refractivity contribution in [2.75, 3.05) is 93.3 Å². The van der Waals surface area contributed by atoms with Gasteiger partial charge >= 0.3 is 17.9 Å². The van der Waals surface area contributed by atoms with Crippen molar-refractivity contribution in [3.8, 4) is 46.0 Å². The van der Waals surface area contributed by atoms with Crippen LogP contribution in [0, 0.1) is 5.41 Å². The number of hydrogen-bond donors (Lipinski definition) is 12. The highest BCUT2D eigenvalue weighted by molar-refractivity contribution is 5.85. The molecule has 7 aromatic rings. The number of nitrogens with zero attached hydrogens (tertiary/aromatic N) is 5. The zero-order valence-corrected chi connectivity index (χ0v) is 57.2. The summed E-state index contributed by atoms with van der Waals surface area (Å²) in [6.45, 7) is 8.89. The first-order chi connectivity index (χ1) is 48.2. The number of rotatable bonds is 40. The van der Waals surface area contributed by atoms with Crippen LogP contribution in [-0.4, -0.2) is 189 Å². The lowest BCUT2D eigenvalue weighted by atomic mass is 9.91. The summed E-state index contributed by atoms with van der Waals surface area (Å²) >= 11 is 0. The Hall–Kier alpha value is -10.8. The van der Waals surface area contributed by atoms with Crippen LogP contribution in [0.15, 0.2) is 177 Å². The fraction of sp³-hybridized carbons (Fsp3) is 0.329. The van der Waals surface area contributed by atoms with E-state index in [-0.39, 0.29) is 65.6 Å². The molecule has 0 fully saturated rings. The topological polar surface area (TPSA) is 368 Å². The summed E-state index contributed by atoms with van der Waals surface area (Å²) in [6, 6.07) is 43.0. The maximum absolute atomic E-state index is 11.4. The van der Waals surface area contributed by atoms with Crippen molar-refractivity contribution in [2.45, 2.75) is 64.5 Å². The number of Topliss-reactive ketones (excluding diaryl/α,β-unsaturated/α-hetero) is 1. The van der Waals surface area contributed by atoms with Crippen molar-refractivity contribution in [1.82, 2.24) is 21.3 Å². The molecule has 0 heterocycles. The highest BCUT2D eigenvalue weighted by Gasteiger charge is 2.25. The third kappa shape index (κ3) is 30.7. The van der Waals surface area contributed by atoms with E-state index in [1.165, 1.54) is 19.1 Å². The molecule has 7 aromatic carbocycles. The van der Waals surface area contributed by atoms with Gasteiger partial charge in [-0.15, -0.1) is 0 Å². The van der Waals surface area contributed by atoms with Crippen LogP contribution in [0.1, 0.15) is 102 Å². The van der Waals surface area contributed by atoms with Gasteiger partial charge in [0.25, 0.3) is 0 Å². The number of carbonyl (C=O) groups is 4. The molecule has 2 unspecified atom stereocenters. The number of phenols is 5. The fourth-order valence-electron chi connectivity index (χ4n) is 9.84. The highest BCUT2D eigenvalue weighted by Crippen LogP contribution is 2.35. The Morgan fingerprint density at radius 2 is 0.850 bits per heavy atom. The molecule has 2 atom stereocenters. The maximum atomic E-state index is 11.4. The normalized spacial score (nSPS) is 12.6. The van der Waals surface area contributed by atoms with Crippen molar-refractivity contribution < 1.29 is 74.2 Å². The summed E-state index contributed by atoms with van der Waals surface area (Å²) in [5.74, 6) is -0.479. The van der Waals surface area contributed by atoms with Gasteiger partial charge in [-0.3, -0.25) is 50.0 Å². The molecule has 0 spiro atoms. The average molecular weight is 1370 g/mol. The van der Waals surface area contributed by atoms with Gasteiger partial charge in [-0.1, -0.05) is 79.7 Å². The minimum Gasteiger partial charge on any atom is -0.508 e. The van der Waals surface area contributed by atoms with E-state index >= 15 is 0 Å². The lowest BCUT2D eigenvalue weighted by Gasteiger charge is -2.25. The molecule has 12 N–H and O–H groups in total. The van der Waals surface area contributed by atoms with Gasteiger partial charge in [-0.25, -0.2) is 0 Å².